The summed E-state index contributed by atoms with van der Waals surface area (Å²) in [4.78, 5) is 11.3. The van der Waals surface area contributed by atoms with E-state index in [4.69, 9.17) is 0 Å². The number of sulfonamides is 1. The van der Waals surface area contributed by atoms with Gasteiger partial charge in [0.2, 0.25) is 10.0 Å². The molecule has 0 radical (unpaired) electrons. The van der Waals surface area contributed by atoms with E-state index in [1.165, 1.54) is 0 Å². The highest BCUT2D eigenvalue weighted by molar-refractivity contribution is 7.89. The molecule has 0 amide bonds. The lowest BCUT2D eigenvalue weighted by atomic mass is 9.94. The van der Waals surface area contributed by atoms with Crippen molar-refractivity contribution in [3.05, 3.63) is 35.9 Å². The van der Waals surface area contributed by atoms with Gasteiger partial charge in [-0.15, -0.1) is 0 Å². The number of aliphatic carboxylic acids is 1. The number of hydrogen-bond donors (Lipinski definition) is 2. The van der Waals surface area contributed by atoms with Crippen molar-refractivity contribution in [2.24, 2.45) is 5.41 Å². The van der Waals surface area contributed by atoms with Gasteiger partial charge in [0.15, 0.2) is 0 Å². The first-order valence-electron chi connectivity index (χ1n) is 6.86. The molecule has 0 aliphatic rings. The summed E-state index contributed by atoms with van der Waals surface area (Å²) < 4.78 is 26.3. The highest BCUT2D eigenvalue weighted by Crippen LogP contribution is 2.19. The molecular weight excluding hydrogens is 290 g/mol. The number of nitrogens with one attached hydrogen (secondary N) is 1. The van der Waals surface area contributed by atoms with E-state index in [9.17, 15) is 18.3 Å². The fourth-order valence-electron chi connectivity index (χ4n) is 1.75. The molecule has 1 atom stereocenters. The van der Waals surface area contributed by atoms with Crippen LogP contribution in [-0.4, -0.2) is 31.3 Å². The predicted molar refractivity (Wildman–Crippen MR) is 82.6 cm³/mol. The summed E-state index contributed by atoms with van der Waals surface area (Å²) in [5.41, 5.74) is 0.663. The fourth-order valence-corrected chi connectivity index (χ4v) is 3.36. The van der Waals surface area contributed by atoms with Crippen molar-refractivity contribution in [2.75, 3.05) is 5.75 Å². The van der Waals surface area contributed by atoms with E-state index in [1.54, 1.807) is 24.3 Å². The number of rotatable bonds is 7. The molecule has 0 spiro atoms. The van der Waals surface area contributed by atoms with Crippen LogP contribution >= 0.6 is 0 Å². The highest BCUT2D eigenvalue weighted by Gasteiger charge is 2.25. The van der Waals surface area contributed by atoms with Gasteiger partial charge in [0.05, 0.1) is 5.75 Å². The van der Waals surface area contributed by atoms with Crippen molar-refractivity contribution >= 4 is 16.0 Å². The minimum atomic E-state index is -3.61. The first-order valence-corrected chi connectivity index (χ1v) is 8.51. The van der Waals surface area contributed by atoms with Gasteiger partial charge < -0.3 is 5.11 Å². The number of carboxylic acid groups (broad SMARTS) is 1. The number of carboxylic acids is 1. The van der Waals surface area contributed by atoms with Gasteiger partial charge in [-0.3, -0.25) is 4.79 Å². The molecule has 1 unspecified atom stereocenters. The summed E-state index contributed by atoms with van der Waals surface area (Å²) in [6.07, 6.45) is 0.602. The monoisotopic (exact) mass is 313 g/mol. The zero-order chi connectivity index (χ0) is 16.1. The van der Waals surface area contributed by atoms with Gasteiger partial charge in [-0.05, 0) is 23.8 Å². The lowest BCUT2D eigenvalue weighted by molar-refractivity contribution is -0.138. The van der Waals surface area contributed by atoms with Crippen LogP contribution in [-0.2, 0) is 21.2 Å². The van der Waals surface area contributed by atoms with Crippen molar-refractivity contribution in [3.8, 4) is 0 Å². The van der Waals surface area contributed by atoms with E-state index in [0.29, 0.717) is 6.42 Å². The van der Waals surface area contributed by atoms with Crippen molar-refractivity contribution < 1.29 is 18.3 Å². The Morgan fingerprint density at radius 2 is 1.81 bits per heavy atom. The molecule has 118 valence electrons. The Hall–Kier alpha value is -1.40. The third-order valence-corrected chi connectivity index (χ3v) is 4.41. The lowest BCUT2D eigenvalue weighted by Gasteiger charge is -2.19. The Bertz CT molecular complexity index is 561. The molecular formula is C15H23NO4S. The van der Waals surface area contributed by atoms with Gasteiger partial charge >= 0.3 is 5.97 Å². The third kappa shape index (κ3) is 7.24. The van der Waals surface area contributed by atoms with Crippen LogP contribution in [0.15, 0.2) is 30.3 Å². The van der Waals surface area contributed by atoms with Crippen molar-refractivity contribution in [1.29, 1.82) is 0 Å². The van der Waals surface area contributed by atoms with Crippen molar-refractivity contribution in [2.45, 2.75) is 39.7 Å². The normalized spacial score (nSPS) is 13.9. The van der Waals surface area contributed by atoms with Gasteiger partial charge in [0.1, 0.15) is 6.04 Å². The number of hydrogen-bond acceptors (Lipinski definition) is 3. The average Bonchev–Trinajstić information content (AvgIpc) is 2.36. The van der Waals surface area contributed by atoms with Gasteiger partial charge in [-0.25, -0.2) is 13.1 Å². The number of carbonyl (C=O) groups is 1. The molecule has 0 bridgehead atoms. The second kappa shape index (κ2) is 7.04. The summed E-state index contributed by atoms with van der Waals surface area (Å²) in [5.74, 6) is -1.24. The Morgan fingerprint density at radius 3 is 2.29 bits per heavy atom. The van der Waals surface area contributed by atoms with Gasteiger partial charge in [-0.1, -0.05) is 51.1 Å². The zero-order valence-corrected chi connectivity index (χ0v) is 13.5. The molecule has 1 aromatic rings. The maximum atomic E-state index is 12.0. The first-order chi connectivity index (χ1) is 9.59. The van der Waals surface area contributed by atoms with Gasteiger partial charge in [0.25, 0.3) is 0 Å². The SMILES string of the molecule is CC(C)(C)CCS(=O)(=O)NC(Cc1ccccc1)C(=O)O. The molecule has 0 aliphatic heterocycles. The standard InChI is InChI=1S/C15H23NO4S/c1-15(2,3)9-10-21(19,20)16-13(14(17)18)11-12-7-5-4-6-8-12/h4-8,13,16H,9-11H2,1-3H3,(H,17,18). The maximum Gasteiger partial charge on any atom is 0.322 e. The zero-order valence-electron chi connectivity index (χ0n) is 12.7. The molecule has 2 N–H and O–H groups in total. The van der Waals surface area contributed by atoms with E-state index < -0.39 is 22.0 Å². The second-order valence-electron chi connectivity index (χ2n) is 6.33. The van der Waals surface area contributed by atoms with Crippen LogP contribution in [0.4, 0.5) is 0 Å². The fraction of sp³-hybridized carbons (Fsp3) is 0.533. The largest absolute Gasteiger partial charge is 0.480 e. The molecule has 0 heterocycles. The molecule has 0 aromatic heterocycles. The quantitative estimate of drug-likeness (QED) is 0.807. The van der Waals surface area contributed by atoms with E-state index in [-0.39, 0.29) is 17.6 Å². The van der Waals surface area contributed by atoms with Crippen LogP contribution < -0.4 is 4.72 Å². The minimum absolute atomic E-state index is 0.0743. The summed E-state index contributed by atoms with van der Waals surface area (Å²) in [6, 6.07) is 7.83. The summed E-state index contributed by atoms with van der Waals surface area (Å²) >= 11 is 0. The Morgan fingerprint density at radius 1 is 1.24 bits per heavy atom. The predicted octanol–water partition coefficient (Wildman–Crippen LogP) is 2.04. The Labute approximate surface area is 126 Å². The second-order valence-corrected chi connectivity index (χ2v) is 8.20. The maximum absolute atomic E-state index is 12.0. The molecule has 21 heavy (non-hydrogen) atoms. The van der Waals surface area contributed by atoms with Crippen molar-refractivity contribution in [1.82, 2.24) is 4.72 Å². The van der Waals surface area contributed by atoms with Crippen LogP contribution in [0.1, 0.15) is 32.8 Å². The number of benzene rings is 1. The molecule has 0 fully saturated rings. The smallest absolute Gasteiger partial charge is 0.322 e. The van der Waals surface area contributed by atoms with Crippen LogP contribution in [0.25, 0.3) is 0 Å². The highest BCUT2D eigenvalue weighted by atomic mass is 32.2. The molecule has 1 aromatic carbocycles. The Kier molecular flexibility index (Phi) is 5.92. The molecule has 0 aliphatic carbocycles. The van der Waals surface area contributed by atoms with Crippen LogP contribution in [0, 0.1) is 5.41 Å². The minimum Gasteiger partial charge on any atom is -0.480 e. The molecule has 0 saturated heterocycles. The van der Waals surface area contributed by atoms with E-state index in [0.717, 1.165) is 5.56 Å². The third-order valence-electron chi connectivity index (χ3n) is 3.02. The van der Waals surface area contributed by atoms with E-state index >= 15 is 0 Å². The van der Waals surface area contributed by atoms with E-state index in [2.05, 4.69) is 4.72 Å². The van der Waals surface area contributed by atoms with Crippen LogP contribution in [0.3, 0.4) is 0 Å². The Balaban J connectivity index is 2.72. The van der Waals surface area contributed by atoms with E-state index in [1.807, 2.05) is 26.8 Å². The average molecular weight is 313 g/mol. The topological polar surface area (TPSA) is 83.5 Å². The molecule has 6 heteroatoms. The summed E-state index contributed by atoms with van der Waals surface area (Å²) in [5, 5.41) is 9.20. The summed E-state index contributed by atoms with van der Waals surface area (Å²) in [6.45, 7) is 5.84. The van der Waals surface area contributed by atoms with Crippen molar-refractivity contribution in [3.63, 3.8) is 0 Å². The first kappa shape index (κ1) is 17.7. The molecule has 1 rings (SSSR count). The molecule has 0 saturated carbocycles. The van der Waals surface area contributed by atoms with Gasteiger partial charge in [-0.2, -0.15) is 0 Å². The van der Waals surface area contributed by atoms with Crippen LogP contribution in [0.2, 0.25) is 0 Å². The summed E-state index contributed by atoms with van der Waals surface area (Å²) in [7, 11) is -3.61. The van der Waals surface area contributed by atoms with Gasteiger partial charge in [0, 0.05) is 0 Å². The lowest BCUT2D eigenvalue weighted by Crippen LogP contribution is -2.43. The van der Waals surface area contributed by atoms with Crippen LogP contribution in [0.5, 0.6) is 0 Å². The molecule has 5 nitrogen and oxygen atoms in total.